The standard InChI is InChI=1S/C15H17N3O/c19-15-12-8-9-16-10-13(12)17-14(18-15)7-6-11-4-2-1-3-5-11/h1-5,16H,6-10H2,(H,17,18,19). The molecule has 1 aromatic heterocycles. The van der Waals surface area contributed by atoms with E-state index in [4.69, 9.17) is 0 Å². The Hall–Kier alpha value is -1.94. The Morgan fingerprint density at radius 1 is 1.16 bits per heavy atom. The molecule has 3 rings (SSSR count). The smallest absolute Gasteiger partial charge is 0.254 e. The van der Waals surface area contributed by atoms with Crippen LogP contribution in [0.1, 0.15) is 22.6 Å². The molecule has 1 aromatic carbocycles. The van der Waals surface area contributed by atoms with Gasteiger partial charge in [-0.3, -0.25) is 4.79 Å². The van der Waals surface area contributed by atoms with Crippen LogP contribution in [0.2, 0.25) is 0 Å². The molecule has 0 saturated heterocycles. The normalized spacial score (nSPS) is 14.1. The SMILES string of the molecule is O=c1[nH]c(CCc2ccccc2)nc2c1CCNC2. The fourth-order valence-corrected chi connectivity index (χ4v) is 2.45. The van der Waals surface area contributed by atoms with E-state index in [0.717, 1.165) is 42.9 Å². The largest absolute Gasteiger partial charge is 0.311 e. The second-order valence-corrected chi connectivity index (χ2v) is 4.85. The lowest BCUT2D eigenvalue weighted by molar-refractivity contribution is 0.610. The van der Waals surface area contributed by atoms with Crippen LogP contribution < -0.4 is 10.9 Å². The summed E-state index contributed by atoms with van der Waals surface area (Å²) in [6.45, 7) is 1.57. The van der Waals surface area contributed by atoms with Gasteiger partial charge in [-0.2, -0.15) is 0 Å². The molecule has 2 aromatic rings. The van der Waals surface area contributed by atoms with Crippen LogP contribution in [0.15, 0.2) is 35.1 Å². The fourth-order valence-electron chi connectivity index (χ4n) is 2.45. The van der Waals surface area contributed by atoms with E-state index in [-0.39, 0.29) is 5.56 Å². The Kier molecular flexibility index (Phi) is 3.42. The number of aryl methyl sites for hydroxylation is 2. The number of benzene rings is 1. The lowest BCUT2D eigenvalue weighted by Gasteiger charge is -2.15. The zero-order valence-corrected chi connectivity index (χ0v) is 10.8. The molecule has 0 amide bonds. The molecule has 2 N–H and O–H groups in total. The van der Waals surface area contributed by atoms with Crippen molar-refractivity contribution in [1.29, 1.82) is 0 Å². The summed E-state index contributed by atoms with van der Waals surface area (Å²) in [5, 5.41) is 3.25. The number of hydrogen-bond acceptors (Lipinski definition) is 3. The van der Waals surface area contributed by atoms with Crippen molar-refractivity contribution in [2.75, 3.05) is 6.54 Å². The Morgan fingerprint density at radius 2 is 2.00 bits per heavy atom. The molecular formula is C15H17N3O. The minimum atomic E-state index is 0.0366. The van der Waals surface area contributed by atoms with Gasteiger partial charge in [-0.05, 0) is 24.9 Å². The molecule has 2 heterocycles. The predicted molar refractivity (Wildman–Crippen MR) is 74.1 cm³/mol. The summed E-state index contributed by atoms with van der Waals surface area (Å²) in [5.74, 6) is 0.788. The molecule has 0 spiro atoms. The molecular weight excluding hydrogens is 238 g/mol. The van der Waals surface area contributed by atoms with Gasteiger partial charge < -0.3 is 10.3 Å². The third-order valence-electron chi connectivity index (χ3n) is 3.49. The van der Waals surface area contributed by atoms with Crippen molar-refractivity contribution in [2.24, 2.45) is 0 Å². The number of H-pyrrole nitrogens is 1. The molecule has 0 fully saturated rings. The summed E-state index contributed by atoms with van der Waals surface area (Å²) < 4.78 is 0. The number of hydrogen-bond donors (Lipinski definition) is 2. The van der Waals surface area contributed by atoms with Gasteiger partial charge >= 0.3 is 0 Å². The van der Waals surface area contributed by atoms with Crippen molar-refractivity contribution in [3.8, 4) is 0 Å². The molecule has 19 heavy (non-hydrogen) atoms. The molecule has 0 bridgehead atoms. The number of fused-ring (bicyclic) bond motifs is 1. The van der Waals surface area contributed by atoms with Gasteiger partial charge in [-0.25, -0.2) is 4.98 Å². The van der Waals surface area contributed by atoms with E-state index in [2.05, 4.69) is 27.4 Å². The predicted octanol–water partition coefficient (Wildman–Crippen LogP) is 1.20. The highest BCUT2D eigenvalue weighted by atomic mass is 16.1. The van der Waals surface area contributed by atoms with E-state index in [1.165, 1.54) is 5.56 Å². The molecule has 0 radical (unpaired) electrons. The van der Waals surface area contributed by atoms with Gasteiger partial charge in [0.05, 0.1) is 5.69 Å². The number of rotatable bonds is 3. The second-order valence-electron chi connectivity index (χ2n) is 4.85. The molecule has 4 nitrogen and oxygen atoms in total. The number of nitrogens with one attached hydrogen (secondary N) is 2. The molecule has 0 saturated carbocycles. The quantitative estimate of drug-likeness (QED) is 0.866. The Balaban J connectivity index is 1.78. The average molecular weight is 255 g/mol. The zero-order chi connectivity index (χ0) is 13.1. The van der Waals surface area contributed by atoms with Crippen molar-refractivity contribution < 1.29 is 0 Å². The monoisotopic (exact) mass is 255 g/mol. The molecule has 98 valence electrons. The first-order valence-electron chi connectivity index (χ1n) is 6.68. The topological polar surface area (TPSA) is 57.8 Å². The first-order chi connectivity index (χ1) is 9.33. The second kappa shape index (κ2) is 5.36. The van der Waals surface area contributed by atoms with Crippen LogP contribution in [-0.4, -0.2) is 16.5 Å². The van der Waals surface area contributed by atoms with Crippen LogP contribution in [0.5, 0.6) is 0 Å². The van der Waals surface area contributed by atoms with E-state index >= 15 is 0 Å². The van der Waals surface area contributed by atoms with Gasteiger partial charge in [-0.15, -0.1) is 0 Å². The molecule has 1 aliphatic rings. The Labute approximate surface area is 111 Å². The molecule has 0 unspecified atom stereocenters. The Morgan fingerprint density at radius 3 is 2.84 bits per heavy atom. The molecule has 0 atom stereocenters. The van der Waals surface area contributed by atoms with Crippen LogP contribution in [-0.2, 0) is 25.8 Å². The van der Waals surface area contributed by atoms with E-state index in [0.29, 0.717) is 6.54 Å². The van der Waals surface area contributed by atoms with Gasteiger partial charge in [0.2, 0.25) is 0 Å². The van der Waals surface area contributed by atoms with Crippen LogP contribution in [0.4, 0.5) is 0 Å². The van der Waals surface area contributed by atoms with E-state index in [1.807, 2.05) is 18.2 Å². The van der Waals surface area contributed by atoms with Gasteiger partial charge in [0, 0.05) is 18.5 Å². The first-order valence-corrected chi connectivity index (χ1v) is 6.68. The van der Waals surface area contributed by atoms with E-state index in [9.17, 15) is 4.79 Å². The van der Waals surface area contributed by atoms with Crippen molar-refractivity contribution in [3.05, 3.63) is 63.3 Å². The summed E-state index contributed by atoms with van der Waals surface area (Å²) in [6, 6.07) is 10.3. The van der Waals surface area contributed by atoms with Crippen molar-refractivity contribution in [1.82, 2.24) is 15.3 Å². The molecule has 4 heteroatoms. The van der Waals surface area contributed by atoms with Gasteiger partial charge in [0.1, 0.15) is 5.82 Å². The third-order valence-corrected chi connectivity index (χ3v) is 3.49. The summed E-state index contributed by atoms with van der Waals surface area (Å²) in [5.41, 5.74) is 3.07. The maximum absolute atomic E-state index is 12.0. The minimum Gasteiger partial charge on any atom is -0.311 e. The van der Waals surface area contributed by atoms with Crippen molar-refractivity contribution in [2.45, 2.75) is 25.8 Å². The summed E-state index contributed by atoms with van der Waals surface area (Å²) >= 11 is 0. The Bertz CT molecular complexity index is 619. The van der Waals surface area contributed by atoms with Crippen LogP contribution in [0.3, 0.4) is 0 Å². The summed E-state index contributed by atoms with van der Waals surface area (Å²) in [4.78, 5) is 19.5. The highest BCUT2D eigenvalue weighted by molar-refractivity contribution is 5.21. The van der Waals surface area contributed by atoms with Gasteiger partial charge in [0.15, 0.2) is 0 Å². The number of nitrogens with zero attached hydrogens (tertiary/aromatic N) is 1. The summed E-state index contributed by atoms with van der Waals surface area (Å²) in [6.07, 6.45) is 2.44. The fraction of sp³-hybridized carbons (Fsp3) is 0.333. The van der Waals surface area contributed by atoms with Gasteiger partial charge in [-0.1, -0.05) is 30.3 Å². The van der Waals surface area contributed by atoms with Crippen molar-refractivity contribution in [3.63, 3.8) is 0 Å². The molecule has 1 aliphatic heterocycles. The van der Waals surface area contributed by atoms with Crippen LogP contribution >= 0.6 is 0 Å². The number of aromatic amines is 1. The highest BCUT2D eigenvalue weighted by Gasteiger charge is 2.14. The summed E-state index contributed by atoms with van der Waals surface area (Å²) in [7, 11) is 0. The van der Waals surface area contributed by atoms with Crippen molar-refractivity contribution >= 4 is 0 Å². The first kappa shape index (κ1) is 12.1. The van der Waals surface area contributed by atoms with E-state index < -0.39 is 0 Å². The maximum Gasteiger partial charge on any atom is 0.254 e. The lowest BCUT2D eigenvalue weighted by atomic mass is 10.1. The zero-order valence-electron chi connectivity index (χ0n) is 10.8. The third kappa shape index (κ3) is 2.74. The van der Waals surface area contributed by atoms with Gasteiger partial charge in [0.25, 0.3) is 5.56 Å². The maximum atomic E-state index is 12.0. The highest BCUT2D eigenvalue weighted by Crippen LogP contribution is 2.08. The van der Waals surface area contributed by atoms with Crippen LogP contribution in [0.25, 0.3) is 0 Å². The average Bonchev–Trinajstić information content (AvgIpc) is 2.46. The number of aromatic nitrogens is 2. The molecule has 0 aliphatic carbocycles. The van der Waals surface area contributed by atoms with E-state index in [1.54, 1.807) is 0 Å². The van der Waals surface area contributed by atoms with Crippen LogP contribution in [0, 0.1) is 0 Å². The lowest BCUT2D eigenvalue weighted by Crippen LogP contribution is -2.32. The minimum absolute atomic E-state index is 0.0366.